The average Bonchev–Trinajstić information content (AvgIpc) is 3.15. The zero-order chi connectivity index (χ0) is 22.1. The van der Waals surface area contributed by atoms with E-state index in [0.29, 0.717) is 17.1 Å². The average molecular weight is 453 g/mol. The van der Waals surface area contributed by atoms with Crippen LogP contribution in [0.3, 0.4) is 0 Å². The molecule has 0 fully saturated rings. The van der Waals surface area contributed by atoms with Crippen LogP contribution in [0.2, 0.25) is 0 Å². The predicted molar refractivity (Wildman–Crippen MR) is 117 cm³/mol. The fraction of sp³-hybridized carbons (Fsp3) is 0.167. The van der Waals surface area contributed by atoms with Crippen molar-refractivity contribution < 1.29 is 26.7 Å². The molecule has 32 heavy (non-hydrogen) atoms. The summed E-state index contributed by atoms with van der Waals surface area (Å²) in [6, 6.07) is 22.0. The highest BCUT2D eigenvalue weighted by Crippen LogP contribution is 2.34. The van der Waals surface area contributed by atoms with Gasteiger partial charge < -0.3 is 13.9 Å². The molecule has 0 radical (unpaired) electrons. The van der Waals surface area contributed by atoms with Gasteiger partial charge in [0.25, 0.3) is 0 Å². The molecule has 0 spiro atoms. The van der Waals surface area contributed by atoms with Crippen LogP contribution in [0.1, 0.15) is 17.4 Å². The highest BCUT2D eigenvalue weighted by molar-refractivity contribution is 7.89. The molecule has 8 heteroatoms. The number of ether oxygens (including phenoxy) is 2. The molecule has 5 rings (SSSR count). The van der Waals surface area contributed by atoms with Gasteiger partial charge in [0, 0.05) is 11.5 Å². The van der Waals surface area contributed by atoms with Crippen LogP contribution in [0, 0.1) is 0 Å². The van der Waals surface area contributed by atoms with Gasteiger partial charge in [0.2, 0.25) is 10.0 Å². The highest BCUT2D eigenvalue weighted by atomic mass is 32.2. The number of nitrogens with one attached hydrogen (secondary N) is 1. The summed E-state index contributed by atoms with van der Waals surface area (Å²) in [5.41, 5.74) is 1.39. The van der Waals surface area contributed by atoms with Gasteiger partial charge in [-0.05, 0) is 29.8 Å². The maximum absolute atomic E-state index is 13.6. The molecule has 1 aromatic heterocycles. The van der Waals surface area contributed by atoms with Crippen molar-refractivity contribution in [1.29, 1.82) is 0 Å². The second kappa shape index (κ2) is 8.29. The van der Waals surface area contributed by atoms with Gasteiger partial charge in [-0.15, -0.1) is 0 Å². The number of fused-ring (bicyclic) bond motifs is 2. The number of hydrogen-bond acceptors (Lipinski definition) is 5. The molecule has 0 saturated carbocycles. The Morgan fingerprint density at radius 2 is 1.59 bits per heavy atom. The number of sulfonamides is 1. The predicted octanol–water partition coefficient (Wildman–Crippen LogP) is 4.61. The molecule has 6 nitrogen and oxygen atoms in total. The first-order valence-electron chi connectivity index (χ1n) is 10.1. The van der Waals surface area contributed by atoms with E-state index in [9.17, 15) is 12.8 Å². The topological polar surface area (TPSA) is 77.8 Å². The van der Waals surface area contributed by atoms with E-state index >= 15 is 0 Å². The standard InChI is InChI=1S/C24H20FNO5S/c25-18-14-29-21-11-10-19(13-22(21)30-15-18)32(27,28)26-24(16-6-2-1-3-7-16)23-12-17-8-4-5-9-20(17)31-23/h1-13,18,24,26H,14-15H2/t18-,24-/m0/s1. The molecule has 2 heterocycles. The maximum Gasteiger partial charge on any atom is 0.241 e. The Kier molecular flexibility index (Phi) is 5.32. The third kappa shape index (κ3) is 4.06. The number of para-hydroxylation sites is 1. The summed E-state index contributed by atoms with van der Waals surface area (Å²) in [4.78, 5) is -0.0193. The van der Waals surface area contributed by atoms with Crippen molar-refractivity contribution in [1.82, 2.24) is 4.72 Å². The number of rotatable bonds is 5. The van der Waals surface area contributed by atoms with Gasteiger partial charge in [-0.1, -0.05) is 48.5 Å². The molecule has 164 valence electrons. The van der Waals surface area contributed by atoms with Crippen molar-refractivity contribution in [3.63, 3.8) is 0 Å². The molecule has 0 amide bonds. The third-order valence-electron chi connectivity index (χ3n) is 5.20. The minimum Gasteiger partial charge on any atom is -0.487 e. The Bertz CT molecular complexity index is 1320. The lowest BCUT2D eigenvalue weighted by atomic mass is 10.1. The number of alkyl halides is 1. The molecule has 0 aliphatic carbocycles. The Morgan fingerprint density at radius 1 is 0.875 bits per heavy atom. The van der Waals surface area contributed by atoms with Crippen molar-refractivity contribution in [2.24, 2.45) is 0 Å². The second-order valence-corrected chi connectivity index (χ2v) is 9.19. The van der Waals surface area contributed by atoms with Gasteiger partial charge in [0.15, 0.2) is 17.7 Å². The molecule has 3 aromatic carbocycles. The van der Waals surface area contributed by atoms with Crippen LogP contribution in [0.25, 0.3) is 11.0 Å². The van der Waals surface area contributed by atoms with Crippen LogP contribution < -0.4 is 14.2 Å². The Balaban J connectivity index is 1.52. The summed E-state index contributed by atoms with van der Waals surface area (Å²) in [7, 11) is -3.99. The van der Waals surface area contributed by atoms with Gasteiger partial charge in [-0.3, -0.25) is 0 Å². The highest BCUT2D eigenvalue weighted by Gasteiger charge is 2.27. The minimum absolute atomic E-state index is 0.0193. The van der Waals surface area contributed by atoms with E-state index < -0.39 is 22.2 Å². The summed E-state index contributed by atoms with van der Waals surface area (Å²) in [5.74, 6) is 0.963. The molecule has 0 saturated heterocycles. The smallest absolute Gasteiger partial charge is 0.241 e. The van der Waals surface area contributed by atoms with Crippen LogP contribution in [0.5, 0.6) is 11.5 Å². The quantitative estimate of drug-likeness (QED) is 0.478. The van der Waals surface area contributed by atoms with Gasteiger partial charge >= 0.3 is 0 Å². The van der Waals surface area contributed by atoms with Crippen LogP contribution in [-0.2, 0) is 10.0 Å². The molecule has 0 bridgehead atoms. The van der Waals surface area contributed by atoms with E-state index in [-0.39, 0.29) is 23.9 Å². The first-order chi connectivity index (χ1) is 15.5. The van der Waals surface area contributed by atoms with E-state index in [0.717, 1.165) is 10.9 Å². The van der Waals surface area contributed by atoms with Crippen molar-refractivity contribution in [2.45, 2.75) is 17.1 Å². The Hall–Kier alpha value is -3.36. The second-order valence-electron chi connectivity index (χ2n) is 7.48. The largest absolute Gasteiger partial charge is 0.487 e. The zero-order valence-corrected chi connectivity index (χ0v) is 17.7. The Labute approximate surface area is 184 Å². The van der Waals surface area contributed by atoms with Gasteiger partial charge in [0.05, 0.1) is 4.90 Å². The van der Waals surface area contributed by atoms with Crippen molar-refractivity contribution in [3.8, 4) is 11.5 Å². The number of halogens is 1. The first-order valence-corrected chi connectivity index (χ1v) is 11.6. The lowest BCUT2D eigenvalue weighted by Crippen LogP contribution is -2.29. The van der Waals surface area contributed by atoms with E-state index in [1.807, 2.05) is 60.7 Å². The summed E-state index contributed by atoms with van der Waals surface area (Å²) < 4.78 is 59.7. The van der Waals surface area contributed by atoms with Gasteiger partial charge in [0.1, 0.15) is 30.6 Å². The van der Waals surface area contributed by atoms with Gasteiger partial charge in [-0.2, -0.15) is 4.72 Å². The number of benzene rings is 3. The van der Waals surface area contributed by atoms with E-state index in [2.05, 4.69) is 4.72 Å². The molecular formula is C24H20FNO5S. The van der Waals surface area contributed by atoms with Crippen LogP contribution >= 0.6 is 0 Å². The summed E-state index contributed by atoms with van der Waals surface area (Å²) >= 11 is 0. The molecule has 1 aliphatic heterocycles. The van der Waals surface area contributed by atoms with Crippen molar-refractivity contribution in [3.05, 3.63) is 90.2 Å². The number of furan rings is 1. The molecule has 4 aromatic rings. The fourth-order valence-electron chi connectivity index (χ4n) is 3.60. The lowest BCUT2D eigenvalue weighted by Gasteiger charge is -2.18. The van der Waals surface area contributed by atoms with E-state index in [4.69, 9.17) is 13.9 Å². The summed E-state index contributed by atoms with van der Waals surface area (Å²) in [6.07, 6.45) is -1.28. The summed E-state index contributed by atoms with van der Waals surface area (Å²) in [6.45, 7) is -0.338. The van der Waals surface area contributed by atoms with Gasteiger partial charge in [-0.25, -0.2) is 12.8 Å². The Morgan fingerprint density at radius 3 is 2.38 bits per heavy atom. The van der Waals surface area contributed by atoms with Crippen LogP contribution in [-0.4, -0.2) is 27.8 Å². The van der Waals surface area contributed by atoms with Crippen LogP contribution in [0.15, 0.2) is 88.2 Å². The molecular weight excluding hydrogens is 433 g/mol. The molecule has 1 aliphatic rings. The monoisotopic (exact) mass is 453 g/mol. The first kappa shape index (κ1) is 20.5. The number of hydrogen-bond donors (Lipinski definition) is 1. The SMILES string of the molecule is O=S(=O)(N[C@@H](c1ccccc1)c1cc2ccccc2o1)c1ccc2c(c1)OC[C@@H](F)CO2. The molecule has 0 unspecified atom stereocenters. The minimum atomic E-state index is -3.99. The van der Waals surface area contributed by atoms with E-state index in [1.165, 1.54) is 18.2 Å². The fourth-order valence-corrected chi connectivity index (χ4v) is 4.81. The normalized spacial score (nSPS) is 17.1. The molecule has 2 atom stereocenters. The maximum atomic E-state index is 13.6. The zero-order valence-electron chi connectivity index (χ0n) is 16.9. The van der Waals surface area contributed by atoms with Crippen molar-refractivity contribution in [2.75, 3.05) is 13.2 Å². The summed E-state index contributed by atoms with van der Waals surface area (Å²) in [5, 5.41) is 0.874. The molecule has 1 N–H and O–H groups in total. The lowest BCUT2D eigenvalue weighted by molar-refractivity contribution is 0.162. The van der Waals surface area contributed by atoms with E-state index in [1.54, 1.807) is 0 Å². The van der Waals surface area contributed by atoms with Crippen LogP contribution in [0.4, 0.5) is 4.39 Å². The third-order valence-corrected chi connectivity index (χ3v) is 6.62. The van der Waals surface area contributed by atoms with Crippen molar-refractivity contribution >= 4 is 21.0 Å².